The van der Waals surface area contributed by atoms with E-state index in [1.54, 1.807) is 0 Å². The molecule has 0 saturated carbocycles. The van der Waals surface area contributed by atoms with Gasteiger partial charge in [0.05, 0.1) is 18.7 Å². The summed E-state index contributed by atoms with van der Waals surface area (Å²) < 4.78 is 0. The van der Waals surface area contributed by atoms with E-state index in [-0.39, 0.29) is 18.6 Å². The van der Waals surface area contributed by atoms with Crippen molar-refractivity contribution >= 4 is 5.91 Å². The third-order valence-corrected chi connectivity index (χ3v) is 2.48. The van der Waals surface area contributed by atoms with Crippen LogP contribution in [-0.4, -0.2) is 23.7 Å². The molecule has 0 aromatic heterocycles. The summed E-state index contributed by atoms with van der Waals surface area (Å²) in [7, 11) is 0. The molecule has 0 radical (unpaired) electrons. The molecule has 0 aliphatic rings. The summed E-state index contributed by atoms with van der Waals surface area (Å²) in [5.74, 6) is -0.231. The summed E-state index contributed by atoms with van der Waals surface area (Å²) in [5, 5.41) is 11.9. The first kappa shape index (κ1) is 12.7. The molecule has 0 spiro atoms. The zero-order valence-electron chi connectivity index (χ0n) is 9.39. The SMILES string of the molecule is CC[C@H](N)C(=O)N[C@@H](CO)c1ccccc1. The Morgan fingerprint density at radius 1 is 1.44 bits per heavy atom. The molecule has 0 saturated heterocycles. The van der Waals surface area contributed by atoms with Crippen molar-refractivity contribution in [3.05, 3.63) is 35.9 Å². The van der Waals surface area contributed by atoms with Crippen molar-refractivity contribution in [2.24, 2.45) is 5.73 Å². The van der Waals surface area contributed by atoms with Crippen LogP contribution in [0.3, 0.4) is 0 Å². The largest absolute Gasteiger partial charge is 0.394 e. The standard InChI is InChI=1S/C12H18N2O2/c1-2-10(13)12(16)14-11(8-15)9-6-4-3-5-7-9/h3-7,10-11,15H,2,8,13H2,1H3,(H,14,16)/t10-,11-/m0/s1. The Bertz CT molecular complexity index is 327. The lowest BCUT2D eigenvalue weighted by Gasteiger charge is -2.18. The molecule has 0 bridgehead atoms. The van der Waals surface area contributed by atoms with Crippen LogP contribution in [0.1, 0.15) is 24.9 Å². The van der Waals surface area contributed by atoms with Gasteiger partial charge in [-0.2, -0.15) is 0 Å². The maximum absolute atomic E-state index is 11.6. The topological polar surface area (TPSA) is 75.4 Å². The van der Waals surface area contributed by atoms with Gasteiger partial charge in [0.2, 0.25) is 5.91 Å². The van der Waals surface area contributed by atoms with Gasteiger partial charge >= 0.3 is 0 Å². The van der Waals surface area contributed by atoms with E-state index in [0.717, 1.165) is 5.56 Å². The maximum atomic E-state index is 11.6. The Labute approximate surface area is 95.5 Å². The highest BCUT2D eigenvalue weighted by Crippen LogP contribution is 2.11. The minimum Gasteiger partial charge on any atom is -0.394 e. The lowest BCUT2D eigenvalue weighted by molar-refractivity contribution is -0.123. The molecule has 1 aromatic carbocycles. The van der Waals surface area contributed by atoms with Gasteiger partial charge in [-0.15, -0.1) is 0 Å². The number of amides is 1. The van der Waals surface area contributed by atoms with Crippen LogP contribution in [0.2, 0.25) is 0 Å². The van der Waals surface area contributed by atoms with E-state index >= 15 is 0 Å². The zero-order valence-corrected chi connectivity index (χ0v) is 9.39. The lowest BCUT2D eigenvalue weighted by atomic mass is 10.1. The van der Waals surface area contributed by atoms with Crippen molar-refractivity contribution in [3.63, 3.8) is 0 Å². The molecule has 16 heavy (non-hydrogen) atoms. The van der Waals surface area contributed by atoms with Crippen molar-refractivity contribution in [1.29, 1.82) is 0 Å². The van der Waals surface area contributed by atoms with Gasteiger partial charge in [-0.05, 0) is 12.0 Å². The Hall–Kier alpha value is -1.39. The highest BCUT2D eigenvalue weighted by atomic mass is 16.3. The first-order chi connectivity index (χ1) is 7.69. The second-order valence-corrected chi connectivity index (χ2v) is 3.67. The number of carbonyl (C=O) groups is 1. The summed E-state index contributed by atoms with van der Waals surface area (Å²) in [6.45, 7) is 1.72. The number of benzene rings is 1. The quantitative estimate of drug-likeness (QED) is 0.682. The van der Waals surface area contributed by atoms with E-state index in [2.05, 4.69) is 5.32 Å². The van der Waals surface area contributed by atoms with Gasteiger partial charge in [0.25, 0.3) is 0 Å². The summed E-state index contributed by atoms with van der Waals surface area (Å²) in [6.07, 6.45) is 0.582. The number of nitrogens with one attached hydrogen (secondary N) is 1. The first-order valence-electron chi connectivity index (χ1n) is 5.40. The number of nitrogens with two attached hydrogens (primary N) is 1. The van der Waals surface area contributed by atoms with Crippen molar-refractivity contribution < 1.29 is 9.90 Å². The minimum absolute atomic E-state index is 0.133. The minimum atomic E-state index is -0.516. The molecule has 0 heterocycles. The van der Waals surface area contributed by atoms with Gasteiger partial charge in [-0.1, -0.05) is 37.3 Å². The lowest BCUT2D eigenvalue weighted by Crippen LogP contribution is -2.42. The highest BCUT2D eigenvalue weighted by molar-refractivity contribution is 5.81. The summed E-state index contributed by atoms with van der Waals surface area (Å²) in [6, 6.07) is 8.44. The number of aliphatic hydroxyl groups is 1. The van der Waals surface area contributed by atoms with Gasteiger partial charge < -0.3 is 16.2 Å². The number of aliphatic hydroxyl groups excluding tert-OH is 1. The third-order valence-electron chi connectivity index (χ3n) is 2.48. The average Bonchev–Trinajstić information content (AvgIpc) is 2.35. The number of carbonyl (C=O) groups excluding carboxylic acids is 1. The Balaban J connectivity index is 2.66. The van der Waals surface area contributed by atoms with Crippen LogP contribution >= 0.6 is 0 Å². The van der Waals surface area contributed by atoms with E-state index in [1.807, 2.05) is 37.3 Å². The monoisotopic (exact) mass is 222 g/mol. The molecule has 4 heteroatoms. The predicted molar refractivity (Wildman–Crippen MR) is 62.7 cm³/mol. The van der Waals surface area contributed by atoms with Crippen molar-refractivity contribution in [1.82, 2.24) is 5.32 Å². The molecular formula is C12H18N2O2. The molecule has 1 aromatic rings. The summed E-state index contributed by atoms with van der Waals surface area (Å²) in [4.78, 5) is 11.6. The van der Waals surface area contributed by atoms with Gasteiger partial charge in [-0.3, -0.25) is 4.79 Å². The van der Waals surface area contributed by atoms with Crippen LogP contribution in [0.25, 0.3) is 0 Å². The fourth-order valence-corrected chi connectivity index (χ4v) is 1.38. The molecule has 0 aliphatic heterocycles. The molecule has 4 N–H and O–H groups in total. The average molecular weight is 222 g/mol. The van der Waals surface area contributed by atoms with E-state index in [0.29, 0.717) is 6.42 Å². The van der Waals surface area contributed by atoms with Gasteiger partial charge in [0.1, 0.15) is 0 Å². The number of rotatable bonds is 5. The van der Waals surface area contributed by atoms with E-state index in [9.17, 15) is 9.90 Å². The van der Waals surface area contributed by atoms with Crippen LogP contribution in [0, 0.1) is 0 Å². The maximum Gasteiger partial charge on any atom is 0.237 e. The van der Waals surface area contributed by atoms with Crippen LogP contribution in [0.5, 0.6) is 0 Å². The second-order valence-electron chi connectivity index (χ2n) is 3.67. The van der Waals surface area contributed by atoms with Gasteiger partial charge in [0, 0.05) is 0 Å². The second kappa shape index (κ2) is 6.25. The molecule has 1 rings (SSSR count). The van der Waals surface area contributed by atoms with E-state index in [1.165, 1.54) is 0 Å². The zero-order chi connectivity index (χ0) is 12.0. The smallest absolute Gasteiger partial charge is 0.237 e. The van der Waals surface area contributed by atoms with Crippen molar-refractivity contribution in [2.45, 2.75) is 25.4 Å². The molecular weight excluding hydrogens is 204 g/mol. The molecule has 1 amide bonds. The molecule has 4 nitrogen and oxygen atoms in total. The Kier molecular flexibility index (Phi) is 4.95. The summed E-state index contributed by atoms with van der Waals surface area (Å²) >= 11 is 0. The third kappa shape index (κ3) is 3.32. The normalized spacial score (nSPS) is 14.2. The van der Waals surface area contributed by atoms with Crippen LogP contribution in [0.4, 0.5) is 0 Å². The van der Waals surface area contributed by atoms with Crippen molar-refractivity contribution in [3.8, 4) is 0 Å². The van der Waals surface area contributed by atoms with Crippen LogP contribution in [-0.2, 0) is 4.79 Å². The molecule has 2 atom stereocenters. The summed E-state index contributed by atoms with van der Waals surface area (Å²) in [5.41, 5.74) is 6.48. The molecule has 88 valence electrons. The van der Waals surface area contributed by atoms with E-state index in [4.69, 9.17) is 5.73 Å². The van der Waals surface area contributed by atoms with Crippen molar-refractivity contribution in [2.75, 3.05) is 6.61 Å². The predicted octanol–water partition coefficient (Wildman–Crippen LogP) is 0.573. The van der Waals surface area contributed by atoms with Crippen LogP contribution < -0.4 is 11.1 Å². The number of hydrogen-bond acceptors (Lipinski definition) is 3. The fraction of sp³-hybridized carbons (Fsp3) is 0.417. The molecule has 0 aliphatic carbocycles. The Morgan fingerprint density at radius 2 is 2.06 bits per heavy atom. The van der Waals surface area contributed by atoms with Gasteiger partial charge in [-0.25, -0.2) is 0 Å². The van der Waals surface area contributed by atoms with E-state index < -0.39 is 6.04 Å². The van der Waals surface area contributed by atoms with Crippen LogP contribution in [0.15, 0.2) is 30.3 Å². The molecule has 0 unspecified atom stereocenters. The number of hydrogen-bond donors (Lipinski definition) is 3. The van der Waals surface area contributed by atoms with Gasteiger partial charge in [0.15, 0.2) is 0 Å². The highest BCUT2D eigenvalue weighted by Gasteiger charge is 2.17. The first-order valence-corrected chi connectivity index (χ1v) is 5.40. The molecule has 0 fully saturated rings. The Morgan fingerprint density at radius 3 is 2.56 bits per heavy atom. The fourth-order valence-electron chi connectivity index (χ4n) is 1.38.